The van der Waals surface area contributed by atoms with Gasteiger partial charge in [0, 0.05) is 23.0 Å². The van der Waals surface area contributed by atoms with Gasteiger partial charge < -0.3 is 16.2 Å². The minimum atomic E-state index is -0.600. The number of anilines is 1. The van der Waals surface area contributed by atoms with Gasteiger partial charge in [-0.3, -0.25) is 4.79 Å². The van der Waals surface area contributed by atoms with Crippen LogP contribution in [0.2, 0.25) is 0 Å². The second-order valence-corrected chi connectivity index (χ2v) is 7.22. The van der Waals surface area contributed by atoms with Crippen LogP contribution in [-0.4, -0.2) is 20.5 Å². The van der Waals surface area contributed by atoms with E-state index in [0.29, 0.717) is 22.8 Å². The number of nitrogens with two attached hydrogens (primary N) is 2. The van der Waals surface area contributed by atoms with Gasteiger partial charge in [-0.25, -0.2) is 9.50 Å². The lowest BCUT2D eigenvalue weighted by Gasteiger charge is -2.06. The molecule has 32 heavy (non-hydrogen) atoms. The van der Waals surface area contributed by atoms with Gasteiger partial charge >= 0.3 is 0 Å². The summed E-state index contributed by atoms with van der Waals surface area (Å²) < 4.78 is 7.48. The highest BCUT2D eigenvalue weighted by Gasteiger charge is 2.22. The Morgan fingerprint density at radius 3 is 2.31 bits per heavy atom. The number of fused-ring (bicyclic) bond motifs is 1. The monoisotopic (exact) mass is 421 g/mol. The summed E-state index contributed by atoms with van der Waals surface area (Å²) >= 11 is 0. The number of carbonyl (C=O) groups is 1. The van der Waals surface area contributed by atoms with E-state index in [0.717, 1.165) is 22.6 Å². The summed E-state index contributed by atoms with van der Waals surface area (Å²) in [6.45, 7) is 0. The van der Waals surface area contributed by atoms with E-state index in [1.807, 2.05) is 84.9 Å². The Bertz CT molecular complexity index is 1430. The van der Waals surface area contributed by atoms with Crippen molar-refractivity contribution in [3.05, 3.63) is 96.7 Å². The van der Waals surface area contributed by atoms with Gasteiger partial charge in [0.15, 0.2) is 5.65 Å². The summed E-state index contributed by atoms with van der Waals surface area (Å²) in [5.41, 5.74) is 15.7. The standard InChI is InChI=1S/C25H19N5O2/c26-18-6-4-5-17(15-18)21-13-14-28-25-22(24(27)31)23(29-30(21)25)16-9-11-20(12-10-16)32-19-7-2-1-3-8-19/h1-15H,26H2,(H2,27,31). The molecule has 0 unspecified atom stereocenters. The third kappa shape index (κ3) is 3.52. The number of rotatable bonds is 5. The summed E-state index contributed by atoms with van der Waals surface area (Å²) in [6, 6.07) is 26.1. The van der Waals surface area contributed by atoms with Crippen molar-refractivity contribution < 1.29 is 9.53 Å². The zero-order valence-corrected chi connectivity index (χ0v) is 17.0. The van der Waals surface area contributed by atoms with Crippen LogP contribution in [0, 0.1) is 0 Å². The Labute approximate surface area is 183 Å². The fraction of sp³-hybridized carbons (Fsp3) is 0. The number of carbonyl (C=O) groups excluding carboxylic acids is 1. The van der Waals surface area contributed by atoms with Crippen molar-refractivity contribution in [2.75, 3.05) is 5.73 Å². The first kappa shape index (κ1) is 19.3. The average molecular weight is 421 g/mol. The van der Waals surface area contributed by atoms with Gasteiger partial charge in [0.1, 0.15) is 22.8 Å². The molecule has 0 saturated heterocycles. The topological polar surface area (TPSA) is 109 Å². The average Bonchev–Trinajstić information content (AvgIpc) is 3.20. The maximum Gasteiger partial charge on any atom is 0.254 e. The molecule has 0 saturated carbocycles. The van der Waals surface area contributed by atoms with Gasteiger partial charge in [0.05, 0.1) is 5.69 Å². The SMILES string of the molecule is NC(=O)c1c(-c2ccc(Oc3ccccc3)cc2)nn2c(-c3cccc(N)c3)ccnc12. The number of aromatic nitrogens is 3. The molecule has 0 aliphatic carbocycles. The molecule has 0 radical (unpaired) electrons. The maximum absolute atomic E-state index is 12.4. The highest BCUT2D eigenvalue weighted by Crippen LogP contribution is 2.31. The van der Waals surface area contributed by atoms with E-state index in [1.165, 1.54) is 0 Å². The Hall–Kier alpha value is -4.65. The van der Waals surface area contributed by atoms with E-state index in [9.17, 15) is 4.79 Å². The van der Waals surface area contributed by atoms with Gasteiger partial charge in [-0.2, -0.15) is 5.10 Å². The van der Waals surface area contributed by atoms with Gasteiger partial charge in [-0.1, -0.05) is 30.3 Å². The van der Waals surface area contributed by atoms with Gasteiger partial charge in [0.25, 0.3) is 5.91 Å². The summed E-state index contributed by atoms with van der Waals surface area (Å²) in [6.07, 6.45) is 1.63. The molecule has 5 aromatic rings. The molecule has 7 heteroatoms. The minimum Gasteiger partial charge on any atom is -0.457 e. The number of ether oxygens (including phenoxy) is 1. The van der Waals surface area contributed by atoms with E-state index in [1.54, 1.807) is 10.7 Å². The zero-order chi connectivity index (χ0) is 22.1. The summed E-state index contributed by atoms with van der Waals surface area (Å²) in [7, 11) is 0. The van der Waals surface area contributed by atoms with Crippen LogP contribution in [0.15, 0.2) is 91.1 Å². The zero-order valence-electron chi connectivity index (χ0n) is 17.0. The van der Waals surface area contributed by atoms with Crippen molar-refractivity contribution in [1.29, 1.82) is 0 Å². The van der Waals surface area contributed by atoms with E-state index in [-0.39, 0.29) is 5.56 Å². The molecular formula is C25H19N5O2. The van der Waals surface area contributed by atoms with Gasteiger partial charge in [-0.15, -0.1) is 0 Å². The van der Waals surface area contributed by atoms with E-state index in [2.05, 4.69) is 4.98 Å². The normalized spacial score (nSPS) is 10.9. The number of hydrogen-bond acceptors (Lipinski definition) is 5. The molecule has 5 rings (SSSR count). The van der Waals surface area contributed by atoms with Crippen molar-refractivity contribution in [1.82, 2.24) is 14.6 Å². The first-order chi connectivity index (χ1) is 15.6. The lowest BCUT2D eigenvalue weighted by atomic mass is 10.1. The Balaban J connectivity index is 1.60. The van der Waals surface area contributed by atoms with Crippen molar-refractivity contribution >= 4 is 17.2 Å². The highest BCUT2D eigenvalue weighted by atomic mass is 16.5. The second-order valence-electron chi connectivity index (χ2n) is 7.22. The van der Waals surface area contributed by atoms with Crippen LogP contribution < -0.4 is 16.2 Å². The highest BCUT2D eigenvalue weighted by molar-refractivity contribution is 6.05. The number of primary amides is 1. The molecule has 2 aromatic heterocycles. The molecule has 0 aliphatic rings. The molecule has 0 aliphatic heterocycles. The molecule has 2 heterocycles. The molecule has 4 N–H and O–H groups in total. The lowest BCUT2D eigenvalue weighted by molar-refractivity contribution is 0.100. The Kier molecular flexibility index (Phi) is 4.76. The van der Waals surface area contributed by atoms with Gasteiger partial charge in [0.2, 0.25) is 0 Å². The molecule has 0 spiro atoms. The molecule has 0 fully saturated rings. The van der Waals surface area contributed by atoms with Crippen molar-refractivity contribution in [3.63, 3.8) is 0 Å². The van der Waals surface area contributed by atoms with E-state index < -0.39 is 5.91 Å². The fourth-order valence-electron chi connectivity index (χ4n) is 3.60. The number of amides is 1. The Morgan fingerprint density at radius 1 is 0.844 bits per heavy atom. The first-order valence-corrected chi connectivity index (χ1v) is 9.97. The van der Waals surface area contributed by atoms with Crippen molar-refractivity contribution in [2.45, 2.75) is 0 Å². The number of para-hydroxylation sites is 1. The second kappa shape index (κ2) is 7.88. The summed E-state index contributed by atoms with van der Waals surface area (Å²) in [5.74, 6) is 0.807. The van der Waals surface area contributed by atoms with Crippen LogP contribution in [0.4, 0.5) is 5.69 Å². The predicted molar refractivity (Wildman–Crippen MR) is 123 cm³/mol. The number of benzene rings is 3. The quantitative estimate of drug-likeness (QED) is 0.405. The molecule has 3 aromatic carbocycles. The predicted octanol–water partition coefficient (Wildman–Crippen LogP) is 4.54. The van der Waals surface area contributed by atoms with E-state index in [4.69, 9.17) is 21.3 Å². The molecule has 1 amide bonds. The fourth-order valence-corrected chi connectivity index (χ4v) is 3.60. The van der Waals surface area contributed by atoms with Crippen LogP contribution in [0.3, 0.4) is 0 Å². The molecule has 0 bridgehead atoms. The number of nitrogen functional groups attached to an aromatic ring is 1. The summed E-state index contributed by atoms with van der Waals surface area (Å²) in [5, 5.41) is 4.70. The minimum absolute atomic E-state index is 0.257. The largest absolute Gasteiger partial charge is 0.457 e. The smallest absolute Gasteiger partial charge is 0.254 e. The van der Waals surface area contributed by atoms with Crippen molar-refractivity contribution in [3.8, 4) is 34.0 Å². The van der Waals surface area contributed by atoms with Crippen LogP contribution >= 0.6 is 0 Å². The third-order valence-corrected chi connectivity index (χ3v) is 5.05. The van der Waals surface area contributed by atoms with Crippen LogP contribution in [0.5, 0.6) is 11.5 Å². The van der Waals surface area contributed by atoms with Crippen LogP contribution in [0.25, 0.3) is 28.2 Å². The Morgan fingerprint density at radius 2 is 1.59 bits per heavy atom. The van der Waals surface area contributed by atoms with Crippen molar-refractivity contribution in [2.24, 2.45) is 5.73 Å². The molecular weight excluding hydrogens is 402 g/mol. The lowest BCUT2D eigenvalue weighted by Crippen LogP contribution is -2.12. The van der Waals surface area contributed by atoms with Gasteiger partial charge in [-0.05, 0) is 54.6 Å². The number of nitrogens with zero attached hydrogens (tertiary/aromatic N) is 3. The molecule has 0 atom stereocenters. The van der Waals surface area contributed by atoms with Crippen LogP contribution in [0.1, 0.15) is 10.4 Å². The molecule has 156 valence electrons. The first-order valence-electron chi connectivity index (χ1n) is 9.97. The maximum atomic E-state index is 12.4. The third-order valence-electron chi connectivity index (χ3n) is 5.05. The molecule has 7 nitrogen and oxygen atoms in total. The van der Waals surface area contributed by atoms with Crippen LogP contribution in [-0.2, 0) is 0 Å². The summed E-state index contributed by atoms with van der Waals surface area (Å²) in [4.78, 5) is 16.7. The number of hydrogen-bond donors (Lipinski definition) is 2. The van der Waals surface area contributed by atoms with E-state index >= 15 is 0 Å².